The number of hydrogen-bond acceptors (Lipinski definition) is 3. The fraction of sp³-hybridized carbons (Fsp3) is 0.333. The van der Waals surface area contributed by atoms with E-state index in [2.05, 4.69) is 0 Å². The van der Waals surface area contributed by atoms with E-state index in [-0.39, 0.29) is 23.6 Å². The molecule has 1 aromatic rings. The van der Waals surface area contributed by atoms with Crippen LogP contribution in [-0.2, 0) is 14.3 Å². The Morgan fingerprint density at radius 3 is 2.70 bits per heavy atom. The van der Waals surface area contributed by atoms with E-state index in [1.165, 1.54) is 18.2 Å². The van der Waals surface area contributed by atoms with Crippen molar-refractivity contribution in [3.05, 3.63) is 42.2 Å². The topological polar surface area (TPSA) is 46.6 Å². The third-order valence-electron chi connectivity index (χ3n) is 4.42. The van der Waals surface area contributed by atoms with Gasteiger partial charge >= 0.3 is 0 Å². The number of benzene rings is 1. The van der Waals surface area contributed by atoms with E-state index in [4.69, 9.17) is 4.74 Å². The Hall–Kier alpha value is -2.01. The van der Waals surface area contributed by atoms with Crippen LogP contribution >= 0.6 is 0 Å². The van der Waals surface area contributed by atoms with E-state index in [1.54, 1.807) is 13.0 Å². The van der Waals surface area contributed by atoms with Gasteiger partial charge in [0.25, 0.3) is 0 Å². The molecule has 5 heteroatoms. The van der Waals surface area contributed by atoms with E-state index < -0.39 is 23.3 Å². The van der Waals surface area contributed by atoms with Gasteiger partial charge in [-0.25, -0.2) is 9.29 Å². The lowest BCUT2D eigenvalue weighted by atomic mass is 9.78. The number of anilines is 1. The van der Waals surface area contributed by atoms with Crippen molar-refractivity contribution < 1.29 is 18.7 Å². The van der Waals surface area contributed by atoms with Crippen molar-refractivity contribution in [2.24, 2.45) is 11.8 Å². The van der Waals surface area contributed by atoms with Crippen LogP contribution in [-0.4, -0.2) is 23.5 Å². The number of halogens is 1. The zero-order valence-electron chi connectivity index (χ0n) is 10.7. The van der Waals surface area contributed by atoms with E-state index in [9.17, 15) is 14.0 Å². The second-order valence-corrected chi connectivity index (χ2v) is 5.59. The molecule has 2 bridgehead atoms. The van der Waals surface area contributed by atoms with Crippen LogP contribution < -0.4 is 4.90 Å². The lowest BCUT2D eigenvalue weighted by molar-refractivity contribution is -0.126. The highest BCUT2D eigenvalue weighted by Crippen LogP contribution is 2.52. The lowest BCUT2D eigenvalue weighted by Crippen LogP contribution is -2.38. The molecule has 4 atom stereocenters. The van der Waals surface area contributed by atoms with Crippen LogP contribution in [0.5, 0.6) is 0 Å². The summed E-state index contributed by atoms with van der Waals surface area (Å²) in [6.45, 7) is 1.80. The van der Waals surface area contributed by atoms with Gasteiger partial charge in [-0.2, -0.15) is 0 Å². The van der Waals surface area contributed by atoms with Gasteiger partial charge in [-0.3, -0.25) is 9.59 Å². The van der Waals surface area contributed by atoms with E-state index in [0.29, 0.717) is 0 Å². The van der Waals surface area contributed by atoms with Crippen molar-refractivity contribution >= 4 is 17.5 Å². The molecule has 0 aromatic heterocycles. The minimum absolute atomic E-state index is 0.0277. The Labute approximate surface area is 114 Å². The number of ether oxygens (including phenoxy) is 1. The highest BCUT2D eigenvalue weighted by atomic mass is 19.1. The third-order valence-corrected chi connectivity index (χ3v) is 4.42. The molecule has 0 unspecified atom stereocenters. The molecule has 3 heterocycles. The van der Waals surface area contributed by atoms with E-state index >= 15 is 0 Å². The van der Waals surface area contributed by atoms with Crippen LogP contribution in [0.1, 0.15) is 6.92 Å². The number of imide groups is 1. The SMILES string of the molecule is C[C@@]12C=C[C@@H](O1)[C@H]1C(=O)N(c3ccccc3F)C(=O)[C@@H]12. The second-order valence-electron chi connectivity index (χ2n) is 5.59. The molecule has 20 heavy (non-hydrogen) atoms. The molecule has 4 nitrogen and oxygen atoms in total. The van der Waals surface area contributed by atoms with Gasteiger partial charge in [0.1, 0.15) is 5.82 Å². The Morgan fingerprint density at radius 2 is 2.00 bits per heavy atom. The average molecular weight is 273 g/mol. The monoisotopic (exact) mass is 273 g/mol. The Kier molecular flexibility index (Phi) is 2.09. The summed E-state index contributed by atoms with van der Waals surface area (Å²) in [5.74, 6) is -2.40. The van der Waals surface area contributed by atoms with Crippen LogP contribution in [0.4, 0.5) is 10.1 Å². The smallest absolute Gasteiger partial charge is 0.241 e. The zero-order chi connectivity index (χ0) is 14.1. The molecule has 3 aliphatic rings. The summed E-state index contributed by atoms with van der Waals surface area (Å²) in [4.78, 5) is 26.1. The molecule has 0 saturated carbocycles. The number of nitrogens with zero attached hydrogens (tertiary/aromatic N) is 1. The summed E-state index contributed by atoms with van der Waals surface area (Å²) in [5.41, 5.74) is -0.720. The molecule has 0 N–H and O–H groups in total. The summed E-state index contributed by atoms with van der Waals surface area (Å²) in [7, 11) is 0. The fourth-order valence-corrected chi connectivity index (χ4v) is 3.52. The van der Waals surface area contributed by atoms with E-state index in [0.717, 1.165) is 4.90 Å². The van der Waals surface area contributed by atoms with Crippen LogP contribution in [0.15, 0.2) is 36.4 Å². The van der Waals surface area contributed by atoms with Gasteiger partial charge < -0.3 is 4.74 Å². The molecule has 2 amide bonds. The van der Waals surface area contributed by atoms with Crippen LogP contribution in [0.25, 0.3) is 0 Å². The maximum absolute atomic E-state index is 13.9. The number of fused-ring (bicyclic) bond motifs is 5. The minimum Gasteiger partial charge on any atom is -0.362 e. The van der Waals surface area contributed by atoms with Crippen molar-refractivity contribution in [2.75, 3.05) is 4.90 Å². The first-order valence-corrected chi connectivity index (χ1v) is 6.52. The standard InChI is InChI=1S/C15H12FNO3/c1-15-7-6-10(20-15)11-12(15)14(19)17(13(11)18)9-5-3-2-4-8(9)16/h2-7,10-12H,1H3/t10-,11-,12-,15+/m1/s1. The highest BCUT2D eigenvalue weighted by molar-refractivity contribution is 6.23. The normalized spacial score (nSPS) is 37.9. The number of carbonyl (C=O) groups excluding carboxylic acids is 2. The quantitative estimate of drug-likeness (QED) is 0.577. The summed E-state index contributed by atoms with van der Waals surface area (Å²) in [6.07, 6.45) is 3.27. The first-order valence-electron chi connectivity index (χ1n) is 6.52. The molecule has 4 rings (SSSR count). The zero-order valence-corrected chi connectivity index (χ0v) is 10.7. The fourth-order valence-electron chi connectivity index (χ4n) is 3.52. The van der Waals surface area contributed by atoms with Gasteiger partial charge in [0, 0.05) is 0 Å². The van der Waals surface area contributed by atoms with Crippen molar-refractivity contribution in [3.63, 3.8) is 0 Å². The molecule has 102 valence electrons. The van der Waals surface area contributed by atoms with Gasteiger partial charge in [0.15, 0.2) is 0 Å². The maximum atomic E-state index is 13.9. The number of amides is 2. The summed E-state index contributed by atoms with van der Waals surface area (Å²) in [6, 6.07) is 5.83. The molecule has 0 radical (unpaired) electrons. The number of hydrogen-bond donors (Lipinski definition) is 0. The van der Waals surface area contributed by atoms with Crippen molar-refractivity contribution in [1.29, 1.82) is 0 Å². The van der Waals surface area contributed by atoms with Crippen molar-refractivity contribution in [3.8, 4) is 0 Å². The highest BCUT2D eigenvalue weighted by Gasteiger charge is 2.66. The van der Waals surface area contributed by atoms with Crippen LogP contribution in [0, 0.1) is 17.7 Å². The summed E-state index contributed by atoms with van der Waals surface area (Å²) >= 11 is 0. The third kappa shape index (κ3) is 1.23. The molecule has 0 aliphatic carbocycles. The van der Waals surface area contributed by atoms with E-state index in [1.807, 2.05) is 12.2 Å². The molecular weight excluding hydrogens is 261 g/mol. The predicted octanol–water partition coefficient (Wildman–Crippen LogP) is 1.66. The van der Waals surface area contributed by atoms with Crippen molar-refractivity contribution in [2.45, 2.75) is 18.6 Å². The number of rotatable bonds is 1. The van der Waals surface area contributed by atoms with Crippen molar-refractivity contribution in [1.82, 2.24) is 0 Å². The van der Waals surface area contributed by atoms with Gasteiger partial charge in [0.05, 0.1) is 29.2 Å². The van der Waals surface area contributed by atoms with Crippen LogP contribution in [0.2, 0.25) is 0 Å². The molecule has 2 fully saturated rings. The van der Waals surface area contributed by atoms with Gasteiger partial charge in [-0.05, 0) is 19.1 Å². The van der Waals surface area contributed by atoms with Crippen LogP contribution in [0.3, 0.4) is 0 Å². The molecule has 3 aliphatic heterocycles. The molecular formula is C15H12FNO3. The number of carbonyl (C=O) groups is 2. The second kappa shape index (κ2) is 3.55. The Bertz CT molecular complexity index is 671. The summed E-state index contributed by atoms with van der Waals surface area (Å²) < 4.78 is 19.6. The van der Waals surface area contributed by atoms with Gasteiger partial charge in [-0.1, -0.05) is 24.3 Å². The number of para-hydroxylation sites is 1. The maximum Gasteiger partial charge on any atom is 0.241 e. The largest absolute Gasteiger partial charge is 0.362 e. The first-order chi connectivity index (χ1) is 9.53. The lowest BCUT2D eigenvalue weighted by Gasteiger charge is -2.24. The first kappa shape index (κ1) is 11.8. The van der Waals surface area contributed by atoms with Gasteiger partial charge in [-0.15, -0.1) is 0 Å². The molecule has 2 saturated heterocycles. The predicted molar refractivity (Wildman–Crippen MR) is 68.3 cm³/mol. The molecule has 1 aromatic carbocycles. The van der Waals surface area contributed by atoms with Gasteiger partial charge in [0.2, 0.25) is 11.8 Å². The minimum atomic E-state index is -0.748. The average Bonchev–Trinajstić information content (AvgIpc) is 3.01. The summed E-state index contributed by atoms with van der Waals surface area (Å²) in [5, 5.41) is 0. The molecule has 0 spiro atoms. The Morgan fingerprint density at radius 1 is 1.25 bits per heavy atom. The Balaban J connectivity index is 1.82.